The van der Waals surface area contributed by atoms with E-state index >= 15 is 0 Å². The van der Waals surface area contributed by atoms with E-state index < -0.39 is 12.6 Å². The van der Waals surface area contributed by atoms with Gasteiger partial charge in [-0.1, -0.05) is 0 Å². The molecule has 0 bridgehead atoms. The van der Waals surface area contributed by atoms with Crippen molar-refractivity contribution >= 4 is 0 Å². The Morgan fingerprint density at radius 1 is 1.29 bits per heavy atom. The second-order valence-corrected chi connectivity index (χ2v) is 5.41. The van der Waals surface area contributed by atoms with Crippen molar-refractivity contribution < 1.29 is 13.2 Å². The van der Waals surface area contributed by atoms with Crippen molar-refractivity contribution in [3.8, 4) is 0 Å². The average molecular weight is 250 g/mol. The number of piperazine rings is 1. The minimum atomic E-state index is -4.01. The normalized spacial score (nSPS) is 31.8. The van der Waals surface area contributed by atoms with Gasteiger partial charge in [-0.3, -0.25) is 4.90 Å². The quantitative estimate of drug-likeness (QED) is 0.824. The molecule has 2 aliphatic rings. The molecular formula is C12H21F3N2. The van der Waals surface area contributed by atoms with Gasteiger partial charge in [-0.2, -0.15) is 13.2 Å². The van der Waals surface area contributed by atoms with E-state index in [0.29, 0.717) is 18.6 Å². The van der Waals surface area contributed by atoms with Crippen LogP contribution in [0.5, 0.6) is 0 Å². The summed E-state index contributed by atoms with van der Waals surface area (Å²) >= 11 is 0. The third kappa shape index (κ3) is 4.14. The number of halogens is 3. The zero-order valence-electron chi connectivity index (χ0n) is 10.3. The molecule has 2 nitrogen and oxygen atoms in total. The summed E-state index contributed by atoms with van der Waals surface area (Å²) in [6.07, 6.45) is -1.87. The highest BCUT2D eigenvalue weighted by Gasteiger charge is 2.36. The van der Waals surface area contributed by atoms with E-state index in [9.17, 15) is 13.2 Å². The lowest BCUT2D eigenvalue weighted by Gasteiger charge is -2.39. The Morgan fingerprint density at radius 3 is 2.59 bits per heavy atom. The van der Waals surface area contributed by atoms with Crippen molar-refractivity contribution in [1.82, 2.24) is 10.2 Å². The fourth-order valence-corrected chi connectivity index (χ4v) is 2.56. The molecule has 1 aliphatic carbocycles. The second kappa shape index (κ2) is 5.14. The number of nitrogens with zero attached hydrogens (tertiary/aromatic N) is 1. The smallest absolute Gasteiger partial charge is 0.311 e. The Bertz CT molecular complexity index is 251. The third-order valence-electron chi connectivity index (χ3n) is 3.83. The highest BCUT2D eigenvalue weighted by Crippen LogP contribution is 2.34. The van der Waals surface area contributed by atoms with Crippen LogP contribution < -0.4 is 5.32 Å². The molecule has 1 saturated heterocycles. The maximum Gasteiger partial charge on any atom is 0.389 e. The molecule has 2 fully saturated rings. The highest BCUT2D eigenvalue weighted by molar-refractivity contribution is 4.93. The van der Waals surface area contributed by atoms with Crippen LogP contribution in [0.4, 0.5) is 13.2 Å². The van der Waals surface area contributed by atoms with E-state index in [4.69, 9.17) is 0 Å². The summed E-state index contributed by atoms with van der Waals surface area (Å²) in [7, 11) is 0. The van der Waals surface area contributed by atoms with Crippen molar-refractivity contribution in [2.75, 3.05) is 19.6 Å². The molecule has 0 aromatic heterocycles. The van der Waals surface area contributed by atoms with Crippen LogP contribution in [0.3, 0.4) is 0 Å². The minimum absolute atomic E-state index is 0.227. The first kappa shape index (κ1) is 13.1. The molecule has 0 spiro atoms. The number of rotatable bonds is 4. The van der Waals surface area contributed by atoms with Gasteiger partial charge in [0.25, 0.3) is 0 Å². The Labute approximate surface area is 101 Å². The van der Waals surface area contributed by atoms with Crippen molar-refractivity contribution in [1.29, 1.82) is 0 Å². The van der Waals surface area contributed by atoms with Crippen molar-refractivity contribution in [3.05, 3.63) is 0 Å². The monoisotopic (exact) mass is 250 g/mol. The standard InChI is InChI=1S/C12H21F3N2/c1-9-7-16-11(10-3-4-10)8-17(9)6-2-5-12(13,14)15/h9-11,16H,2-8H2,1H3. The lowest BCUT2D eigenvalue weighted by Crippen LogP contribution is -2.56. The van der Waals surface area contributed by atoms with Crippen molar-refractivity contribution in [3.63, 3.8) is 0 Å². The molecule has 5 heteroatoms. The molecular weight excluding hydrogens is 229 g/mol. The van der Waals surface area contributed by atoms with Crippen LogP contribution in [0, 0.1) is 5.92 Å². The Morgan fingerprint density at radius 2 is 2.00 bits per heavy atom. The summed E-state index contributed by atoms with van der Waals surface area (Å²) in [6, 6.07) is 0.871. The van der Waals surface area contributed by atoms with Gasteiger partial charge in [0.15, 0.2) is 0 Å². The van der Waals surface area contributed by atoms with Crippen LogP contribution in [0.2, 0.25) is 0 Å². The van der Waals surface area contributed by atoms with Gasteiger partial charge in [0.05, 0.1) is 0 Å². The molecule has 17 heavy (non-hydrogen) atoms. The van der Waals surface area contributed by atoms with Gasteiger partial charge in [-0.15, -0.1) is 0 Å². The molecule has 1 aliphatic heterocycles. The number of hydrogen-bond acceptors (Lipinski definition) is 2. The van der Waals surface area contributed by atoms with Crippen molar-refractivity contribution in [2.45, 2.75) is 50.9 Å². The van der Waals surface area contributed by atoms with Gasteiger partial charge in [-0.05, 0) is 38.6 Å². The summed E-state index contributed by atoms with van der Waals surface area (Å²) in [5, 5.41) is 3.50. The zero-order valence-corrected chi connectivity index (χ0v) is 10.3. The first-order valence-electron chi connectivity index (χ1n) is 6.50. The average Bonchev–Trinajstić information content (AvgIpc) is 3.02. The van der Waals surface area contributed by atoms with E-state index in [1.54, 1.807) is 0 Å². The van der Waals surface area contributed by atoms with Crippen LogP contribution >= 0.6 is 0 Å². The molecule has 0 aromatic carbocycles. The Balaban J connectivity index is 1.73. The maximum atomic E-state index is 12.1. The van der Waals surface area contributed by atoms with Crippen LogP contribution in [0.25, 0.3) is 0 Å². The van der Waals surface area contributed by atoms with Gasteiger partial charge in [-0.25, -0.2) is 0 Å². The van der Waals surface area contributed by atoms with Gasteiger partial charge in [0.1, 0.15) is 0 Å². The molecule has 1 heterocycles. The number of hydrogen-bond donors (Lipinski definition) is 1. The Kier molecular flexibility index (Phi) is 3.98. The lowest BCUT2D eigenvalue weighted by molar-refractivity contribution is -0.136. The molecule has 0 radical (unpaired) electrons. The number of nitrogens with one attached hydrogen (secondary N) is 1. The predicted molar refractivity (Wildman–Crippen MR) is 60.8 cm³/mol. The maximum absolute atomic E-state index is 12.1. The lowest BCUT2D eigenvalue weighted by atomic mass is 10.1. The van der Waals surface area contributed by atoms with E-state index in [2.05, 4.69) is 17.1 Å². The summed E-state index contributed by atoms with van der Waals surface area (Å²) < 4.78 is 36.3. The summed E-state index contributed by atoms with van der Waals surface area (Å²) in [5.74, 6) is 0.771. The third-order valence-corrected chi connectivity index (χ3v) is 3.83. The second-order valence-electron chi connectivity index (χ2n) is 5.41. The van der Waals surface area contributed by atoms with Gasteiger partial charge < -0.3 is 5.32 Å². The van der Waals surface area contributed by atoms with E-state index in [1.807, 2.05) is 0 Å². The first-order valence-corrected chi connectivity index (χ1v) is 6.50. The van der Waals surface area contributed by atoms with Gasteiger partial charge >= 0.3 is 6.18 Å². The van der Waals surface area contributed by atoms with Crippen LogP contribution in [-0.4, -0.2) is 42.8 Å². The molecule has 0 amide bonds. The molecule has 100 valence electrons. The Hall–Kier alpha value is -0.290. The molecule has 2 rings (SSSR count). The van der Waals surface area contributed by atoms with Crippen LogP contribution in [-0.2, 0) is 0 Å². The van der Waals surface area contributed by atoms with Gasteiger partial charge in [0.2, 0.25) is 0 Å². The molecule has 1 saturated carbocycles. The summed E-state index contributed by atoms with van der Waals surface area (Å²) in [5.41, 5.74) is 0. The topological polar surface area (TPSA) is 15.3 Å². The van der Waals surface area contributed by atoms with Crippen LogP contribution in [0.15, 0.2) is 0 Å². The summed E-state index contributed by atoms with van der Waals surface area (Å²) in [6.45, 7) is 4.49. The largest absolute Gasteiger partial charge is 0.389 e. The molecule has 2 atom stereocenters. The first-order chi connectivity index (χ1) is 7.96. The molecule has 2 unspecified atom stereocenters. The molecule has 0 aromatic rings. The fraction of sp³-hybridized carbons (Fsp3) is 1.00. The highest BCUT2D eigenvalue weighted by atomic mass is 19.4. The van der Waals surface area contributed by atoms with E-state index in [-0.39, 0.29) is 6.42 Å². The van der Waals surface area contributed by atoms with Crippen LogP contribution in [0.1, 0.15) is 32.6 Å². The zero-order chi connectivity index (χ0) is 12.5. The SMILES string of the molecule is CC1CNC(C2CC2)CN1CCCC(F)(F)F. The summed E-state index contributed by atoms with van der Waals surface area (Å²) in [4.78, 5) is 2.21. The predicted octanol–water partition coefficient (Wildman–Crippen LogP) is 2.40. The fourth-order valence-electron chi connectivity index (χ4n) is 2.56. The van der Waals surface area contributed by atoms with E-state index in [1.165, 1.54) is 12.8 Å². The number of alkyl halides is 3. The van der Waals surface area contributed by atoms with Crippen molar-refractivity contribution in [2.24, 2.45) is 5.92 Å². The molecule has 1 N–H and O–H groups in total. The minimum Gasteiger partial charge on any atom is -0.311 e. The van der Waals surface area contributed by atoms with Gasteiger partial charge in [0, 0.05) is 31.6 Å². The van der Waals surface area contributed by atoms with E-state index in [0.717, 1.165) is 19.0 Å².